The average Bonchev–Trinajstić information content (AvgIpc) is 2.52. The van der Waals surface area contributed by atoms with Crippen molar-refractivity contribution in [2.45, 2.75) is 38.5 Å². The Kier molecular flexibility index (Phi) is 6.89. The number of hydrogen-bond donors (Lipinski definition) is 0. The molecule has 1 aromatic rings. The SMILES string of the molecule is COC(=O)CCCC(C)(C)c1ccc(OCC(=O)OC)cc1. The van der Waals surface area contributed by atoms with Crippen LogP contribution in [-0.2, 0) is 24.5 Å². The number of ether oxygens (including phenoxy) is 3. The quantitative estimate of drug-likeness (QED) is 0.691. The molecule has 0 radical (unpaired) electrons. The van der Waals surface area contributed by atoms with E-state index in [4.69, 9.17) is 4.74 Å². The highest BCUT2D eigenvalue weighted by Gasteiger charge is 2.20. The predicted molar refractivity (Wildman–Crippen MR) is 82.8 cm³/mol. The number of carbonyl (C=O) groups excluding carboxylic acids is 2. The maximum absolute atomic E-state index is 11.2. The van der Waals surface area contributed by atoms with Gasteiger partial charge in [0.1, 0.15) is 5.75 Å². The summed E-state index contributed by atoms with van der Waals surface area (Å²) in [6.45, 7) is 4.17. The van der Waals surface area contributed by atoms with Crippen molar-refractivity contribution in [3.8, 4) is 5.75 Å². The Bertz CT molecular complexity index is 490. The second-order valence-electron chi connectivity index (χ2n) is 5.70. The van der Waals surface area contributed by atoms with E-state index in [0.29, 0.717) is 12.2 Å². The maximum atomic E-state index is 11.2. The molecule has 0 spiro atoms. The Morgan fingerprint density at radius 3 is 2.14 bits per heavy atom. The molecule has 0 saturated carbocycles. The van der Waals surface area contributed by atoms with Crippen molar-refractivity contribution in [1.82, 2.24) is 0 Å². The molecule has 5 nitrogen and oxygen atoms in total. The smallest absolute Gasteiger partial charge is 0.343 e. The minimum absolute atomic E-state index is 0.0467. The van der Waals surface area contributed by atoms with Crippen LogP contribution in [0.15, 0.2) is 24.3 Å². The van der Waals surface area contributed by atoms with Crippen LogP contribution in [0.4, 0.5) is 0 Å². The molecular formula is C17H24O5. The van der Waals surface area contributed by atoms with Crippen LogP contribution >= 0.6 is 0 Å². The van der Waals surface area contributed by atoms with Crippen LogP contribution < -0.4 is 4.74 Å². The normalized spacial score (nSPS) is 10.9. The monoisotopic (exact) mass is 308 g/mol. The molecule has 0 bridgehead atoms. The van der Waals surface area contributed by atoms with Gasteiger partial charge >= 0.3 is 11.9 Å². The first-order chi connectivity index (χ1) is 10.4. The van der Waals surface area contributed by atoms with Gasteiger partial charge in [0, 0.05) is 6.42 Å². The highest BCUT2D eigenvalue weighted by atomic mass is 16.6. The summed E-state index contributed by atoms with van der Waals surface area (Å²) < 4.78 is 14.5. The van der Waals surface area contributed by atoms with E-state index in [1.165, 1.54) is 14.2 Å². The summed E-state index contributed by atoms with van der Waals surface area (Å²) in [7, 11) is 2.73. The number of methoxy groups -OCH3 is 2. The number of rotatable bonds is 8. The third-order valence-corrected chi connectivity index (χ3v) is 3.63. The Balaban J connectivity index is 2.56. The molecule has 0 unspecified atom stereocenters. The van der Waals surface area contributed by atoms with Crippen molar-refractivity contribution >= 4 is 11.9 Å². The summed E-state index contributed by atoms with van der Waals surface area (Å²) in [5.41, 5.74) is 1.11. The second-order valence-corrected chi connectivity index (χ2v) is 5.70. The van der Waals surface area contributed by atoms with Gasteiger partial charge in [0.15, 0.2) is 6.61 Å². The minimum atomic E-state index is -0.410. The van der Waals surface area contributed by atoms with E-state index in [-0.39, 0.29) is 18.0 Å². The fourth-order valence-corrected chi connectivity index (χ4v) is 2.12. The van der Waals surface area contributed by atoms with E-state index in [2.05, 4.69) is 23.3 Å². The molecule has 0 atom stereocenters. The minimum Gasteiger partial charge on any atom is -0.482 e. The molecule has 0 amide bonds. The van der Waals surface area contributed by atoms with Gasteiger partial charge in [-0.3, -0.25) is 4.79 Å². The molecule has 0 saturated heterocycles. The van der Waals surface area contributed by atoms with E-state index in [1.807, 2.05) is 24.3 Å². The van der Waals surface area contributed by atoms with Crippen LogP contribution in [0.25, 0.3) is 0 Å². The van der Waals surface area contributed by atoms with Gasteiger partial charge in [-0.25, -0.2) is 4.79 Å². The molecule has 0 aliphatic heterocycles. The summed E-state index contributed by atoms with van der Waals surface area (Å²) in [6.07, 6.45) is 2.09. The van der Waals surface area contributed by atoms with Crippen molar-refractivity contribution in [3.05, 3.63) is 29.8 Å². The average molecular weight is 308 g/mol. The lowest BCUT2D eigenvalue weighted by Crippen LogP contribution is -2.18. The van der Waals surface area contributed by atoms with Gasteiger partial charge < -0.3 is 14.2 Å². The third kappa shape index (κ3) is 5.76. The van der Waals surface area contributed by atoms with Crippen LogP contribution in [0.2, 0.25) is 0 Å². The van der Waals surface area contributed by atoms with Gasteiger partial charge in [0.05, 0.1) is 14.2 Å². The molecule has 0 N–H and O–H groups in total. The van der Waals surface area contributed by atoms with E-state index < -0.39 is 5.97 Å². The zero-order valence-corrected chi connectivity index (χ0v) is 13.7. The number of hydrogen-bond acceptors (Lipinski definition) is 5. The van der Waals surface area contributed by atoms with Crippen LogP contribution in [0.1, 0.15) is 38.7 Å². The lowest BCUT2D eigenvalue weighted by Gasteiger charge is -2.25. The lowest BCUT2D eigenvalue weighted by molar-refractivity contribution is -0.143. The summed E-state index contributed by atoms with van der Waals surface area (Å²) in [5, 5.41) is 0. The predicted octanol–water partition coefficient (Wildman–Crippen LogP) is 2.86. The van der Waals surface area contributed by atoms with Gasteiger partial charge in [-0.05, 0) is 36.0 Å². The van der Waals surface area contributed by atoms with E-state index in [9.17, 15) is 9.59 Å². The van der Waals surface area contributed by atoms with Crippen molar-refractivity contribution in [3.63, 3.8) is 0 Å². The third-order valence-electron chi connectivity index (χ3n) is 3.63. The fraction of sp³-hybridized carbons (Fsp3) is 0.529. The Hall–Kier alpha value is -2.04. The molecular weight excluding hydrogens is 284 g/mol. The number of benzene rings is 1. The summed E-state index contributed by atoms with van der Waals surface area (Å²) in [4.78, 5) is 22.2. The first-order valence-corrected chi connectivity index (χ1v) is 7.26. The zero-order valence-electron chi connectivity index (χ0n) is 13.7. The molecule has 1 rings (SSSR count). The number of esters is 2. The van der Waals surface area contributed by atoms with Crippen LogP contribution in [0.5, 0.6) is 5.75 Å². The van der Waals surface area contributed by atoms with Crippen molar-refractivity contribution < 1.29 is 23.8 Å². The van der Waals surface area contributed by atoms with Gasteiger partial charge in [0.25, 0.3) is 0 Å². The van der Waals surface area contributed by atoms with Crippen molar-refractivity contribution in [2.75, 3.05) is 20.8 Å². The number of carbonyl (C=O) groups is 2. The Morgan fingerprint density at radius 2 is 1.59 bits per heavy atom. The van der Waals surface area contributed by atoms with Gasteiger partial charge in [-0.1, -0.05) is 26.0 Å². The first kappa shape index (κ1) is 18.0. The van der Waals surface area contributed by atoms with Crippen LogP contribution in [-0.4, -0.2) is 32.8 Å². The molecule has 22 heavy (non-hydrogen) atoms. The lowest BCUT2D eigenvalue weighted by atomic mass is 9.80. The van der Waals surface area contributed by atoms with E-state index in [1.54, 1.807) is 0 Å². The Morgan fingerprint density at radius 1 is 1.00 bits per heavy atom. The fourth-order valence-electron chi connectivity index (χ4n) is 2.12. The molecule has 1 aromatic carbocycles. The molecule has 0 fully saturated rings. The van der Waals surface area contributed by atoms with Crippen LogP contribution in [0.3, 0.4) is 0 Å². The highest BCUT2D eigenvalue weighted by molar-refractivity contribution is 5.70. The van der Waals surface area contributed by atoms with Crippen LogP contribution in [0, 0.1) is 0 Å². The van der Waals surface area contributed by atoms with Gasteiger partial charge in [0.2, 0.25) is 0 Å². The summed E-state index contributed by atoms with van der Waals surface area (Å²) in [5.74, 6) is 0.0362. The standard InChI is InChI=1S/C17H24O5/c1-17(2,11-5-6-15(18)20-3)13-7-9-14(10-8-13)22-12-16(19)21-4/h7-10H,5-6,11-12H2,1-4H3. The maximum Gasteiger partial charge on any atom is 0.343 e. The molecule has 0 aliphatic carbocycles. The first-order valence-electron chi connectivity index (χ1n) is 7.26. The van der Waals surface area contributed by atoms with Gasteiger partial charge in [-0.15, -0.1) is 0 Å². The second kappa shape index (κ2) is 8.41. The molecule has 0 aromatic heterocycles. The Labute approximate surface area is 131 Å². The highest BCUT2D eigenvalue weighted by Crippen LogP contribution is 2.30. The largest absolute Gasteiger partial charge is 0.482 e. The van der Waals surface area contributed by atoms with E-state index >= 15 is 0 Å². The van der Waals surface area contributed by atoms with Crippen molar-refractivity contribution in [2.24, 2.45) is 0 Å². The zero-order chi connectivity index (χ0) is 16.6. The molecule has 122 valence electrons. The van der Waals surface area contributed by atoms with E-state index in [0.717, 1.165) is 18.4 Å². The summed E-state index contributed by atoms with van der Waals surface area (Å²) in [6, 6.07) is 7.62. The van der Waals surface area contributed by atoms with Gasteiger partial charge in [-0.2, -0.15) is 0 Å². The topological polar surface area (TPSA) is 61.8 Å². The molecule has 0 heterocycles. The summed E-state index contributed by atoms with van der Waals surface area (Å²) >= 11 is 0. The molecule has 5 heteroatoms. The van der Waals surface area contributed by atoms with Crippen molar-refractivity contribution in [1.29, 1.82) is 0 Å². The molecule has 0 aliphatic rings.